The minimum absolute atomic E-state index is 0.126. The number of ketones is 1. The van der Waals surface area contributed by atoms with Gasteiger partial charge in [-0.3, -0.25) is 19.3 Å². The Balaban J connectivity index is 1.47. The van der Waals surface area contributed by atoms with Gasteiger partial charge >= 0.3 is 0 Å². The number of rotatable bonds is 5. The van der Waals surface area contributed by atoms with Crippen molar-refractivity contribution in [3.05, 3.63) is 34.9 Å². The fourth-order valence-corrected chi connectivity index (χ4v) is 3.14. The Morgan fingerprint density at radius 1 is 1.04 bits per heavy atom. The highest BCUT2D eigenvalue weighted by molar-refractivity contribution is 6.43. The molecule has 0 atom stereocenters. The normalized spacial score (nSPS) is 18.1. The number of piperazine rings is 1. The van der Waals surface area contributed by atoms with Crippen LogP contribution in [0.3, 0.4) is 0 Å². The Labute approximate surface area is 148 Å². The van der Waals surface area contributed by atoms with Crippen molar-refractivity contribution in [2.45, 2.75) is 32.7 Å². The van der Waals surface area contributed by atoms with Gasteiger partial charge in [-0.15, -0.1) is 0 Å². The van der Waals surface area contributed by atoms with Crippen molar-refractivity contribution in [3.8, 4) is 0 Å². The average molecular weight is 343 g/mol. The molecule has 1 saturated heterocycles. The van der Waals surface area contributed by atoms with Gasteiger partial charge in [0.1, 0.15) is 0 Å². The highest BCUT2D eigenvalue weighted by Crippen LogP contribution is 2.27. The van der Waals surface area contributed by atoms with Crippen molar-refractivity contribution >= 4 is 17.6 Å². The first kappa shape index (κ1) is 17.6. The molecule has 2 fully saturated rings. The molecule has 1 aromatic carbocycles. The number of carbonyl (C=O) groups excluding carboxylic acids is 3. The van der Waals surface area contributed by atoms with Crippen LogP contribution in [0.5, 0.6) is 0 Å². The highest BCUT2D eigenvalue weighted by atomic mass is 16.2. The second-order valence-corrected chi connectivity index (χ2v) is 6.96. The molecule has 1 aliphatic heterocycles. The van der Waals surface area contributed by atoms with Gasteiger partial charge < -0.3 is 10.2 Å². The minimum Gasteiger partial charge on any atom is -0.340 e. The van der Waals surface area contributed by atoms with Gasteiger partial charge in [-0.05, 0) is 43.9 Å². The van der Waals surface area contributed by atoms with Crippen molar-refractivity contribution in [1.29, 1.82) is 0 Å². The standard InChI is InChI=1S/C19H25N3O3/c1-13-3-4-15(11-14(13)2)18(24)19(25)20-12-17(23)22-9-7-21(8-10-22)16-5-6-16/h3-4,11,16H,5-10,12H2,1-2H3,(H,20,25). The van der Waals surface area contributed by atoms with E-state index in [1.807, 2.05) is 19.9 Å². The third kappa shape index (κ3) is 4.25. The highest BCUT2D eigenvalue weighted by Gasteiger charge is 2.32. The predicted octanol–water partition coefficient (Wildman–Crippen LogP) is 0.909. The van der Waals surface area contributed by atoms with Crippen molar-refractivity contribution < 1.29 is 14.4 Å². The smallest absolute Gasteiger partial charge is 0.292 e. The number of carbonyl (C=O) groups is 3. The fraction of sp³-hybridized carbons (Fsp3) is 0.526. The molecule has 0 unspecified atom stereocenters. The number of hydrogen-bond acceptors (Lipinski definition) is 4. The minimum atomic E-state index is -0.729. The molecule has 25 heavy (non-hydrogen) atoms. The van der Waals surface area contributed by atoms with E-state index in [0.717, 1.165) is 24.2 Å². The number of amides is 2. The number of hydrogen-bond donors (Lipinski definition) is 1. The first-order valence-corrected chi connectivity index (χ1v) is 8.87. The molecule has 1 aliphatic carbocycles. The molecule has 3 rings (SSSR count). The summed E-state index contributed by atoms with van der Waals surface area (Å²) in [7, 11) is 0. The third-order valence-corrected chi connectivity index (χ3v) is 5.11. The Hall–Kier alpha value is -2.21. The van der Waals surface area contributed by atoms with Gasteiger partial charge in [-0.25, -0.2) is 0 Å². The average Bonchev–Trinajstić information content (AvgIpc) is 3.46. The monoisotopic (exact) mass is 343 g/mol. The van der Waals surface area contributed by atoms with Crippen LogP contribution in [-0.2, 0) is 9.59 Å². The Kier molecular flexibility index (Phi) is 5.18. The fourth-order valence-electron chi connectivity index (χ4n) is 3.14. The molecule has 6 heteroatoms. The number of nitrogens with one attached hydrogen (secondary N) is 1. The van der Waals surface area contributed by atoms with E-state index in [2.05, 4.69) is 10.2 Å². The second-order valence-electron chi connectivity index (χ2n) is 6.96. The SMILES string of the molecule is Cc1ccc(C(=O)C(=O)NCC(=O)N2CCN(C3CC3)CC2)cc1C. The Morgan fingerprint density at radius 3 is 2.32 bits per heavy atom. The van der Waals surface area contributed by atoms with Crippen molar-refractivity contribution in [2.24, 2.45) is 0 Å². The third-order valence-electron chi connectivity index (χ3n) is 5.11. The van der Waals surface area contributed by atoms with Crippen LogP contribution in [0.1, 0.15) is 34.3 Å². The molecule has 2 aliphatic rings. The molecule has 2 amide bonds. The zero-order valence-electron chi connectivity index (χ0n) is 14.9. The molecular weight excluding hydrogens is 318 g/mol. The molecule has 134 valence electrons. The predicted molar refractivity (Wildman–Crippen MR) is 94.4 cm³/mol. The van der Waals surface area contributed by atoms with Crippen LogP contribution in [0.4, 0.5) is 0 Å². The summed E-state index contributed by atoms with van der Waals surface area (Å²) in [5, 5.41) is 2.47. The van der Waals surface area contributed by atoms with Crippen LogP contribution >= 0.6 is 0 Å². The molecule has 0 spiro atoms. The van der Waals surface area contributed by atoms with Crippen LogP contribution < -0.4 is 5.32 Å². The van der Waals surface area contributed by atoms with Gasteiger partial charge in [0.2, 0.25) is 11.7 Å². The first-order chi connectivity index (χ1) is 12.0. The maximum absolute atomic E-state index is 12.2. The van der Waals surface area contributed by atoms with Crippen molar-refractivity contribution in [2.75, 3.05) is 32.7 Å². The van der Waals surface area contributed by atoms with E-state index in [1.54, 1.807) is 17.0 Å². The molecule has 0 bridgehead atoms. The second kappa shape index (κ2) is 7.35. The lowest BCUT2D eigenvalue weighted by molar-refractivity contribution is -0.133. The van der Waals surface area contributed by atoms with E-state index < -0.39 is 11.7 Å². The lowest BCUT2D eigenvalue weighted by Crippen LogP contribution is -2.52. The Bertz CT molecular complexity index is 689. The summed E-state index contributed by atoms with van der Waals surface area (Å²) in [4.78, 5) is 40.6. The molecule has 1 heterocycles. The lowest BCUT2D eigenvalue weighted by Gasteiger charge is -2.34. The molecule has 1 N–H and O–H groups in total. The maximum atomic E-state index is 12.2. The van der Waals surface area contributed by atoms with E-state index in [4.69, 9.17) is 0 Å². The molecule has 0 aromatic heterocycles. The number of nitrogens with zero attached hydrogens (tertiary/aromatic N) is 2. The van der Waals surface area contributed by atoms with Gasteiger partial charge in [-0.1, -0.05) is 12.1 Å². The van der Waals surface area contributed by atoms with Crippen LogP contribution in [-0.4, -0.2) is 66.2 Å². The summed E-state index contributed by atoms with van der Waals surface area (Å²) in [5.74, 6) is -1.46. The Morgan fingerprint density at radius 2 is 1.72 bits per heavy atom. The van der Waals surface area contributed by atoms with Gasteiger partial charge in [0.15, 0.2) is 0 Å². The van der Waals surface area contributed by atoms with Gasteiger partial charge in [0.05, 0.1) is 6.54 Å². The van der Waals surface area contributed by atoms with E-state index in [1.165, 1.54) is 12.8 Å². The van der Waals surface area contributed by atoms with E-state index in [0.29, 0.717) is 24.7 Å². The van der Waals surface area contributed by atoms with E-state index in [9.17, 15) is 14.4 Å². The summed E-state index contributed by atoms with van der Waals surface area (Å²) in [6.45, 7) is 6.89. The molecule has 6 nitrogen and oxygen atoms in total. The summed E-state index contributed by atoms with van der Waals surface area (Å²) in [6.07, 6.45) is 2.54. The van der Waals surface area contributed by atoms with Crippen molar-refractivity contribution in [3.63, 3.8) is 0 Å². The van der Waals surface area contributed by atoms with E-state index >= 15 is 0 Å². The molecule has 0 radical (unpaired) electrons. The van der Waals surface area contributed by atoms with Crippen LogP contribution in [0, 0.1) is 13.8 Å². The number of aryl methyl sites for hydroxylation is 2. The number of Topliss-reactive ketones (excluding diaryl/α,β-unsaturated/α-hetero) is 1. The first-order valence-electron chi connectivity index (χ1n) is 8.87. The van der Waals surface area contributed by atoms with E-state index in [-0.39, 0.29) is 12.5 Å². The molecule has 1 saturated carbocycles. The number of benzene rings is 1. The summed E-state index contributed by atoms with van der Waals surface area (Å²) < 4.78 is 0. The van der Waals surface area contributed by atoms with Gasteiger partial charge in [0, 0.05) is 37.8 Å². The zero-order valence-corrected chi connectivity index (χ0v) is 14.9. The quantitative estimate of drug-likeness (QED) is 0.637. The molecular formula is C19H25N3O3. The van der Waals surface area contributed by atoms with Gasteiger partial charge in [-0.2, -0.15) is 0 Å². The summed E-state index contributed by atoms with van der Waals surface area (Å²) in [6, 6.07) is 5.88. The van der Waals surface area contributed by atoms with Crippen LogP contribution in [0.15, 0.2) is 18.2 Å². The van der Waals surface area contributed by atoms with Crippen LogP contribution in [0.2, 0.25) is 0 Å². The van der Waals surface area contributed by atoms with Crippen LogP contribution in [0.25, 0.3) is 0 Å². The molecule has 1 aromatic rings. The van der Waals surface area contributed by atoms with Crippen molar-refractivity contribution in [1.82, 2.24) is 15.1 Å². The van der Waals surface area contributed by atoms with Gasteiger partial charge in [0.25, 0.3) is 5.91 Å². The summed E-state index contributed by atoms with van der Waals surface area (Å²) >= 11 is 0. The maximum Gasteiger partial charge on any atom is 0.292 e. The zero-order chi connectivity index (χ0) is 18.0. The lowest BCUT2D eigenvalue weighted by atomic mass is 10.0. The topological polar surface area (TPSA) is 69.7 Å². The largest absolute Gasteiger partial charge is 0.340 e. The summed E-state index contributed by atoms with van der Waals surface area (Å²) in [5.41, 5.74) is 2.38.